The summed E-state index contributed by atoms with van der Waals surface area (Å²) in [4.78, 5) is 42.5. The second kappa shape index (κ2) is 9.90. The molecular formula is C22H25N5O5. The number of nitrogens with two attached hydrogens (primary N) is 2. The average Bonchev–Trinajstić information content (AvgIpc) is 3.14. The smallest absolute Gasteiger partial charge is 0.326 e. The molecule has 0 saturated heterocycles. The molecule has 2 aromatic rings. The van der Waals surface area contributed by atoms with Gasteiger partial charge >= 0.3 is 11.9 Å². The zero-order valence-electron chi connectivity index (χ0n) is 17.4. The predicted octanol–water partition coefficient (Wildman–Crippen LogP) is 1.65. The van der Waals surface area contributed by atoms with E-state index in [0.29, 0.717) is 11.4 Å². The highest BCUT2D eigenvalue weighted by Gasteiger charge is 2.22. The molecule has 0 radical (unpaired) electrons. The van der Waals surface area contributed by atoms with E-state index >= 15 is 0 Å². The molecule has 0 saturated carbocycles. The van der Waals surface area contributed by atoms with Gasteiger partial charge in [-0.3, -0.25) is 9.59 Å². The number of hydrogen-bond donors (Lipinski definition) is 5. The first kappa shape index (κ1) is 22.7. The molecule has 0 aliphatic heterocycles. The number of fused-ring (bicyclic) bond motifs is 1. The van der Waals surface area contributed by atoms with Gasteiger partial charge in [0.1, 0.15) is 11.9 Å². The van der Waals surface area contributed by atoms with E-state index < -0.39 is 23.9 Å². The number of carboxylic acid groups (broad SMARTS) is 2. The van der Waals surface area contributed by atoms with Crippen LogP contribution in [0.1, 0.15) is 52.9 Å². The quantitative estimate of drug-likeness (QED) is 0.388. The standard InChI is InChI=1S/C22H25N5O5/c23-19-18-13(8-9-15(18)26-22(24)27-19)3-1-2-12-4-6-14(7-5-12)20(30)25-16(21(31)32)10-11-17(28)29/h3-7,16H,1-2,8-11H2,(H,25,30)(H,28,29)(H,31,32)(H4,23,24,26,27)/t16-/m0/s1. The van der Waals surface area contributed by atoms with Crippen molar-refractivity contribution < 1.29 is 24.6 Å². The van der Waals surface area contributed by atoms with Crippen LogP contribution in [0, 0.1) is 0 Å². The lowest BCUT2D eigenvalue weighted by Gasteiger charge is -2.13. The molecule has 1 amide bonds. The van der Waals surface area contributed by atoms with Crippen LogP contribution in [0.2, 0.25) is 0 Å². The first-order valence-electron chi connectivity index (χ1n) is 10.2. The van der Waals surface area contributed by atoms with Gasteiger partial charge in [-0.25, -0.2) is 9.78 Å². The molecule has 1 aliphatic carbocycles. The number of anilines is 2. The number of allylic oxidation sites excluding steroid dienone is 2. The van der Waals surface area contributed by atoms with Gasteiger partial charge in [0.2, 0.25) is 5.95 Å². The van der Waals surface area contributed by atoms with Crippen molar-refractivity contribution in [3.05, 3.63) is 52.7 Å². The Kier molecular flexibility index (Phi) is 7.04. The summed E-state index contributed by atoms with van der Waals surface area (Å²) in [6, 6.07) is 5.59. The maximum atomic E-state index is 12.3. The molecule has 0 spiro atoms. The minimum absolute atomic E-state index is 0.184. The molecule has 1 heterocycles. The van der Waals surface area contributed by atoms with Crippen molar-refractivity contribution in [1.82, 2.24) is 15.3 Å². The SMILES string of the molecule is Nc1nc(N)c2c(n1)CCC2=CCCc1ccc(C(=O)N[C@@H](CCC(=O)O)C(=O)O)cc1. The second-order valence-corrected chi connectivity index (χ2v) is 7.55. The van der Waals surface area contributed by atoms with E-state index in [0.717, 1.165) is 48.1 Å². The summed E-state index contributed by atoms with van der Waals surface area (Å²) in [5.74, 6) is -2.37. The summed E-state index contributed by atoms with van der Waals surface area (Å²) in [7, 11) is 0. The highest BCUT2D eigenvalue weighted by molar-refractivity contribution is 5.96. The number of hydrogen-bond acceptors (Lipinski definition) is 7. The average molecular weight is 439 g/mol. The molecule has 0 fully saturated rings. The van der Waals surface area contributed by atoms with Crippen molar-refractivity contribution >= 4 is 35.2 Å². The van der Waals surface area contributed by atoms with Crippen LogP contribution in [-0.4, -0.2) is 44.1 Å². The Morgan fingerprint density at radius 1 is 1.09 bits per heavy atom. The zero-order valence-corrected chi connectivity index (χ0v) is 17.4. The number of aromatic nitrogens is 2. The van der Waals surface area contributed by atoms with Gasteiger partial charge in [-0.1, -0.05) is 18.2 Å². The van der Waals surface area contributed by atoms with Gasteiger partial charge in [0.25, 0.3) is 5.91 Å². The molecule has 10 nitrogen and oxygen atoms in total. The van der Waals surface area contributed by atoms with Crippen LogP contribution < -0.4 is 16.8 Å². The van der Waals surface area contributed by atoms with Crippen LogP contribution in [0.3, 0.4) is 0 Å². The van der Waals surface area contributed by atoms with Crippen molar-refractivity contribution in [2.45, 2.75) is 44.6 Å². The molecule has 32 heavy (non-hydrogen) atoms. The summed E-state index contributed by atoms with van der Waals surface area (Å²) >= 11 is 0. The second-order valence-electron chi connectivity index (χ2n) is 7.55. The van der Waals surface area contributed by atoms with Gasteiger partial charge in [0.05, 0.1) is 5.69 Å². The number of aliphatic carboxylic acids is 2. The lowest BCUT2D eigenvalue weighted by molar-refractivity contribution is -0.140. The van der Waals surface area contributed by atoms with E-state index in [1.807, 2.05) is 0 Å². The summed E-state index contributed by atoms with van der Waals surface area (Å²) < 4.78 is 0. The summed E-state index contributed by atoms with van der Waals surface area (Å²) in [5.41, 5.74) is 15.8. The molecule has 1 aliphatic rings. The highest BCUT2D eigenvalue weighted by Crippen LogP contribution is 2.35. The first-order chi connectivity index (χ1) is 15.2. The van der Waals surface area contributed by atoms with Crippen LogP contribution in [0.4, 0.5) is 11.8 Å². The summed E-state index contributed by atoms with van der Waals surface area (Å²) in [6.07, 6.45) is 4.71. The molecule has 0 bridgehead atoms. The third kappa shape index (κ3) is 5.60. The molecule has 1 aromatic heterocycles. The van der Waals surface area contributed by atoms with Crippen LogP contribution in [0.15, 0.2) is 30.3 Å². The van der Waals surface area contributed by atoms with Gasteiger partial charge in [-0.15, -0.1) is 0 Å². The van der Waals surface area contributed by atoms with Crippen molar-refractivity contribution in [3.8, 4) is 0 Å². The molecule has 10 heteroatoms. The molecule has 1 atom stereocenters. The fourth-order valence-electron chi connectivity index (χ4n) is 3.66. The van der Waals surface area contributed by atoms with E-state index in [9.17, 15) is 19.5 Å². The molecule has 168 valence electrons. The largest absolute Gasteiger partial charge is 0.481 e. The van der Waals surface area contributed by atoms with E-state index in [2.05, 4.69) is 21.4 Å². The van der Waals surface area contributed by atoms with Gasteiger partial charge in [0, 0.05) is 17.5 Å². The number of carbonyl (C=O) groups excluding carboxylic acids is 1. The van der Waals surface area contributed by atoms with Crippen LogP contribution >= 0.6 is 0 Å². The normalized spacial score (nSPS) is 14.7. The number of rotatable bonds is 9. The fourth-order valence-corrected chi connectivity index (χ4v) is 3.66. The minimum atomic E-state index is -1.27. The van der Waals surface area contributed by atoms with Gasteiger partial charge in [-0.2, -0.15) is 4.98 Å². The Bertz CT molecular complexity index is 1070. The maximum absolute atomic E-state index is 12.3. The summed E-state index contributed by atoms with van der Waals surface area (Å²) in [6.45, 7) is 0. The topological polar surface area (TPSA) is 182 Å². The number of nitrogens with one attached hydrogen (secondary N) is 1. The zero-order chi connectivity index (χ0) is 23.3. The van der Waals surface area contributed by atoms with Gasteiger partial charge in [-0.05, 0) is 55.4 Å². The van der Waals surface area contributed by atoms with Crippen molar-refractivity contribution in [2.75, 3.05) is 11.5 Å². The lowest BCUT2D eigenvalue weighted by atomic mass is 10.0. The molecule has 7 N–H and O–H groups in total. The molecule has 0 unspecified atom stereocenters. The number of nitrogens with zero attached hydrogens (tertiary/aromatic N) is 2. The van der Waals surface area contributed by atoms with Crippen LogP contribution in [0.5, 0.6) is 0 Å². The van der Waals surface area contributed by atoms with Crippen molar-refractivity contribution in [2.24, 2.45) is 0 Å². The summed E-state index contributed by atoms with van der Waals surface area (Å²) in [5, 5.41) is 20.2. The number of benzene rings is 1. The Morgan fingerprint density at radius 2 is 1.81 bits per heavy atom. The van der Waals surface area contributed by atoms with Gasteiger partial charge in [0.15, 0.2) is 0 Å². The van der Waals surface area contributed by atoms with Crippen LogP contribution in [-0.2, 0) is 22.4 Å². The van der Waals surface area contributed by atoms with Crippen LogP contribution in [0.25, 0.3) is 5.57 Å². The number of aryl methyl sites for hydroxylation is 2. The Labute approximate surface area is 184 Å². The third-order valence-electron chi connectivity index (χ3n) is 5.27. The first-order valence-corrected chi connectivity index (χ1v) is 10.2. The van der Waals surface area contributed by atoms with E-state index in [1.54, 1.807) is 24.3 Å². The Morgan fingerprint density at radius 3 is 2.47 bits per heavy atom. The van der Waals surface area contributed by atoms with Gasteiger partial charge < -0.3 is 27.0 Å². The maximum Gasteiger partial charge on any atom is 0.326 e. The van der Waals surface area contributed by atoms with Crippen molar-refractivity contribution in [3.63, 3.8) is 0 Å². The lowest BCUT2D eigenvalue weighted by Crippen LogP contribution is -2.41. The number of carboxylic acids is 2. The third-order valence-corrected chi connectivity index (χ3v) is 5.27. The number of nitrogen functional groups attached to an aromatic ring is 2. The molecule has 1 aromatic carbocycles. The monoisotopic (exact) mass is 439 g/mol. The minimum Gasteiger partial charge on any atom is -0.481 e. The fraction of sp³-hybridized carbons (Fsp3) is 0.318. The van der Waals surface area contributed by atoms with E-state index in [4.69, 9.17) is 16.6 Å². The van der Waals surface area contributed by atoms with Crippen molar-refractivity contribution in [1.29, 1.82) is 0 Å². The molecule has 3 rings (SSSR count). The highest BCUT2D eigenvalue weighted by atomic mass is 16.4. The number of carbonyl (C=O) groups is 3. The Hall–Kier alpha value is -3.95. The van der Waals surface area contributed by atoms with E-state index in [1.165, 1.54) is 0 Å². The molecular weight excluding hydrogens is 414 g/mol. The number of amides is 1. The predicted molar refractivity (Wildman–Crippen MR) is 118 cm³/mol. The Balaban J connectivity index is 1.58. The van der Waals surface area contributed by atoms with E-state index in [-0.39, 0.29) is 18.8 Å².